The van der Waals surface area contributed by atoms with Crippen LogP contribution in [0.3, 0.4) is 0 Å². The van der Waals surface area contributed by atoms with Crippen molar-refractivity contribution in [1.29, 1.82) is 0 Å². The number of phenols is 1. The molecule has 1 aliphatic carbocycles. The number of carbonyl (C=O) groups excluding carboxylic acids is 1. The van der Waals surface area contributed by atoms with Crippen LogP contribution < -0.4 is 5.73 Å². The van der Waals surface area contributed by atoms with E-state index in [2.05, 4.69) is 0 Å². The third-order valence-corrected chi connectivity index (χ3v) is 3.12. The van der Waals surface area contributed by atoms with Crippen molar-refractivity contribution in [3.8, 4) is 5.75 Å². The molecule has 0 heterocycles. The Kier molecular flexibility index (Phi) is 3.22. The van der Waals surface area contributed by atoms with Crippen LogP contribution in [0.4, 0.5) is 5.69 Å². The van der Waals surface area contributed by atoms with E-state index in [1.807, 2.05) is 11.8 Å². The van der Waals surface area contributed by atoms with Crippen molar-refractivity contribution in [3.05, 3.63) is 23.8 Å². The minimum Gasteiger partial charge on any atom is -0.506 e. The molecule has 2 rings (SSSR count). The summed E-state index contributed by atoms with van der Waals surface area (Å²) in [6.07, 6.45) is 2.44. The smallest absolute Gasteiger partial charge is 0.253 e. The van der Waals surface area contributed by atoms with Gasteiger partial charge in [-0.2, -0.15) is 0 Å². The Morgan fingerprint density at radius 1 is 1.53 bits per heavy atom. The van der Waals surface area contributed by atoms with Gasteiger partial charge in [0.1, 0.15) is 5.75 Å². The predicted octanol–water partition coefficient (Wildman–Crippen LogP) is 1.85. The van der Waals surface area contributed by atoms with Crippen LogP contribution in [-0.4, -0.2) is 29.0 Å². The highest BCUT2D eigenvalue weighted by Gasteiger charge is 2.26. The number of hydrogen-bond acceptors (Lipinski definition) is 3. The van der Waals surface area contributed by atoms with Crippen LogP contribution in [-0.2, 0) is 0 Å². The number of amides is 1. The van der Waals surface area contributed by atoms with E-state index in [1.54, 1.807) is 12.1 Å². The van der Waals surface area contributed by atoms with Crippen molar-refractivity contribution in [2.45, 2.75) is 19.8 Å². The number of carbonyl (C=O) groups is 1. The van der Waals surface area contributed by atoms with Crippen molar-refractivity contribution in [3.63, 3.8) is 0 Å². The first-order valence-corrected chi connectivity index (χ1v) is 5.99. The van der Waals surface area contributed by atoms with E-state index >= 15 is 0 Å². The van der Waals surface area contributed by atoms with Gasteiger partial charge in [0.05, 0.1) is 5.69 Å². The van der Waals surface area contributed by atoms with Crippen molar-refractivity contribution < 1.29 is 9.90 Å². The number of nitrogens with zero attached hydrogens (tertiary/aromatic N) is 1. The molecule has 1 amide bonds. The summed E-state index contributed by atoms with van der Waals surface area (Å²) in [5, 5.41) is 9.50. The molecular formula is C13H18N2O2. The van der Waals surface area contributed by atoms with E-state index < -0.39 is 0 Å². The molecule has 1 aromatic rings. The van der Waals surface area contributed by atoms with Gasteiger partial charge >= 0.3 is 0 Å². The minimum absolute atomic E-state index is 0.0293. The van der Waals surface area contributed by atoms with Crippen molar-refractivity contribution in [2.75, 3.05) is 18.8 Å². The molecule has 0 spiro atoms. The zero-order valence-electron chi connectivity index (χ0n) is 10.0. The Balaban J connectivity index is 2.12. The normalized spacial score (nSPS) is 14.6. The second-order valence-corrected chi connectivity index (χ2v) is 4.56. The van der Waals surface area contributed by atoms with Gasteiger partial charge in [-0.25, -0.2) is 0 Å². The van der Waals surface area contributed by atoms with E-state index in [1.165, 1.54) is 18.9 Å². The molecule has 4 nitrogen and oxygen atoms in total. The van der Waals surface area contributed by atoms with E-state index in [4.69, 9.17) is 5.73 Å². The molecule has 1 saturated carbocycles. The van der Waals surface area contributed by atoms with Gasteiger partial charge in [-0.3, -0.25) is 4.79 Å². The average molecular weight is 234 g/mol. The van der Waals surface area contributed by atoms with Crippen molar-refractivity contribution >= 4 is 11.6 Å². The highest BCUT2D eigenvalue weighted by atomic mass is 16.3. The van der Waals surface area contributed by atoms with Gasteiger partial charge in [-0.05, 0) is 43.9 Å². The van der Waals surface area contributed by atoms with E-state index in [-0.39, 0.29) is 11.7 Å². The summed E-state index contributed by atoms with van der Waals surface area (Å²) >= 11 is 0. The van der Waals surface area contributed by atoms with Gasteiger partial charge in [-0.1, -0.05) is 0 Å². The number of aromatic hydroxyl groups is 1. The largest absolute Gasteiger partial charge is 0.506 e. The maximum Gasteiger partial charge on any atom is 0.253 e. The second kappa shape index (κ2) is 4.65. The summed E-state index contributed by atoms with van der Waals surface area (Å²) in [4.78, 5) is 14.0. The Morgan fingerprint density at radius 2 is 2.24 bits per heavy atom. The predicted molar refractivity (Wildman–Crippen MR) is 66.8 cm³/mol. The molecule has 0 saturated heterocycles. The quantitative estimate of drug-likeness (QED) is 0.617. The molecule has 0 bridgehead atoms. The first kappa shape index (κ1) is 11.8. The van der Waals surface area contributed by atoms with Crippen LogP contribution in [0.5, 0.6) is 5.75 Å². The zero-order valence-corrected chi connectivity index (χ0v) is 10.0. The summed E-state index contributed by atoms with van der Waals surface area (Å²) < 4.78 is 0. The van der Waals surface area contributed by atoms with Crippen LogP contribution in [0.15, 0.2) is 18.2 Å². The van der Waals surface area contributed by atoms with Crippen LogP contribution >= 0.6 is 0 Å². The van der Waals surface area contributed by atoms with Crippen molar-refractivity contribution in [1.82, 2.24) is 4.90 Å². The molecule has 0 unspecified atom stereocenters. The fraction of sp³-hybridized carbons (Fsp3) is 0.462. The number of rotatable bonds is 4. The zero-order chi connectivity index (χ0) is 12.4. The lowest BCUT2D eigenvalue weighted by Gasteiger charge is -2.20. The van der Waals surface area contributed by atoms with E-state index in [0.717, 1.165) is 6.54 Å². The summed E-state index contributed by atoms with van der Waals surface area (Å²) in [5.74, 6) is 0.606. The Labute approximate surface area is 101 Å². The number of nitrogen functional groups attached to an aromatic ring is 1. The topological polar surface area (TPSA) is 66.6 Å². The highest BCUT2D eigenvalue weighted by molar-refractivity contribution is 5.95. The van der Waals surface area contributed by atoms with Crippen LogP contribution in [0.1, 0.15) is 30.1 Å². The summed E-state index contributed by atoms with van der Waals surface area (Å²) in [7, 11) is 0. The van der Waals surface area contributed by atoms with E-state index in [9.17, 15) is 9.90 Å². The molecule has 17 heavy (non-hydrogen) atoms. The summed E-state index contributed by atoms with van der Waals surface area (Å²) in [6, 6.07) is 4.66. The molecule has 3 N–H and O–H groups in total. The lowest BCUT2D eigenvalue weighted by Crippen LogP contribution is -2.32. The molecule has 0 aliphatic heterocycles. The van der Waals surface area contributed by atoms with Gasteiger partial charge < -0.3 is 15.7 Å². The number of anilines is 1. The molecular weight excluding hydrogens is 216 g/mol. The third kappa shape index (κ3) is 2.70. The van der Waals surface area contributed by atoms with Gasteiger partial charge in [0.2, 0.25) is 0 Å². The van der Waals surface area contributed by atoms with E-state index in [0.29, 0.717) is 23.7 Å². The second-order valence-electron chi connectivity index (χ2n) is 4.56. The molecule has 0 atom stereocenters. The Bertz CT molecular complexity index is 427. The SMILES string of the molecule is CCN(CC1CC1)C(=O)c1ccc(N)c(O)c1. The van der Waals surface area contributed by atoms with Gasteiger partial charge in [0.25, 0.3) is 5.91 Å². The molecule has 0 aromatic heterocycles. The van der Waals surface area contributed by atoms with Gasteiger partial charge in [0.15, 0.2) is 0 Å². The Morgan fingerprint density at radius 3 is 2.76 bits per heavy atom. The molecule has 1 aliphatic rings. The van der Waals surface area contributed by atoms with Crippen LogP contribution in [0.2, 0.25) is 0 Å². The molecule has 1 aromatic carbocycles. The van der Waals surface area contributed by atoms with Gasteiger partial charge in [0, 0.05) is 18.7 Å². The number of phenolic OH excluding ortho intramolecular Hbond substituents is 1. The fourth-order valence-electron chi connectivity index (χ4n) is 1.83. The maximum absolute atomic E-state index is 12.2. The Hall–Kier alpha value is -1.71. The first-order valence-electron chi connectivity index (χ1n) is 5.99. The maximum atomic E-state index is 12.2. The van der Waals surface area contributed by atoms with Crippen LogP contribution in [0, 0.1) is 5.92 Å². The molecule has 92 valence electrons. The number of nitrogens with two attached hydrogens (primary N) is 1. The first-order chi connectivity index (χ1) is 8.11. The lowest BCUT2D eigenvalue weighted by atomic mass is 10.1. The fourth-order valence-corrected chi connectivity index (χ4v) is 1.83. The standard InChI is InChI=1S/C13H18N2O2/c1-2-15(8-9-3-4-9)13(17)10-5-6-11(14)12(16)7-10/h5-7,9,16H,2-4,8,14H2,1H3. The number of hydrogen-bond donors (Lipinski definition) is 2. The monoisotopic (exact) mass is 234 g/mol. The summed E-state index contributed by atoms with van der Waals surface area (Å²) in [5.41, 5.74) is 6.31. The van der Waals surface area contributed by atoms with Crippen molar-refractivity contribution in [2.24, 2.45) is 5.92 Å². The minimum atomic E-state index is -0.0327. The number of benzene rings is 1. The highest BCUT2D eigenvalue weighted by Crippen LogP contribution is 2.30. The molecule has 1 fully saturated rings. The summed E-state index contributed by atoms with van der Waals surface area (Å²) in [6.45, 7) is 3.48. The molecule has 4 heteroatoms. The van der Waals surface area contributed by atoms with Gasteiger partial charge in [-0.15, -0.1) is 0 Å². The lowest BCUT2D eigenvalue weighted by molar-refractivity contribution is 0.0756. The van der Waals surface area contributed by atoms with Crippen LogP contribution in [0.25, 0.3) is 0 Å². The third-order valence-electron chi connectivity index (χ3n) is 3.12. The average Bonchev–Trinajstić information content (AvgIpc) is 3.12. The molecule has 0 radical (unpaired) electrons.